The summed E-state index contributed by atoms with van der Waals surface area (Å²) < 4.78 is 13.0. The maximum absolute atomic E-state index is 13.0. The average molecular weight is 338 g/mol. The summed E-state index contributed by atoms with van der Waals surface area (Å²) in [6.07, 6.45) is 2.55. The minimum Gasteiger partial charge on any atom is -0.348 e. The van der Waals surface area contributed by atoms with E-state index in [2.05, 4.69) is 22.3 Å². The van der Waals surface area contributed by atoms with Crippen LogP contribution in [-0.4, -0.2) is 29.9 Å². The van der Waals surface area contributed by atoms with Crippen molar-refractivity contribution in [3.63, 3.8) is 0 Å². The van der Waals surface area contributed by atoms with E-state index in [0.717, 1.165) is 37.2 Å². The summed E-state index contributed by atoms with van der Waals surface area (Å²) in [5.41, 5.74) is 2.98. The lowest BCUT2D eigenvalue weighted by Crippen LogP contribution is -2.36. The van der Waals surface area contributed by atoms with Crippen molar-refractivity contribution in [1.29, 1.82) is 0 Å². The maximum atomic E-state index is 13.0. The van der Waals surface area contributed by atoms with E-state index >= 15 is 0 Å². The van der Waals surface area contributed by atoms with Gasteiger partial charge >= 0.3 is 0 Å². The molecule has 4 heteroatoms. The summed E-state index contributed by atoms with van der Waals surface area (Å²) in [6, 6.07) is 16.7. The molecule has 1 aliphatic heterocycles. The van der Waals surface area contributed by atoms with E-state index in [4.69, 9.17) is 0 Å². The lowest BCUT2D eigenvalue weighted by Gasteiger charge is -2.16. The SMILES string of the molecule is C/C(=C/C(=O)NC1CCN(Cc2ccccc2)C1)c1ccc(F)cc1. The highest BCUT2D eigenvalue weighted by molar-refractivity contribution is 5.95. The average Bonchev–Trinajstić information content (AvgIpc) is 3.03. The maximum Gasteiger partial charge on any atom is 0.244 e. The van der Waals surface area contributed by atoms with Crippen molar-refractivity contribution >= 4 is 11.5 Å². The van der Waals surface area contributed by atoms with Gasteiger partial charge < -0.3 is 5.32 Å². The second-order valence-electron chi connectivity index (χ2n) is 6.55. The molecule has 3 nitrogen and oxygen atoms in total. The van der Waals surface area contributed by atoms with E-state index in [1.165, 1.54) is 17.7 Å². The molecule has 1 N–H and O–H groups in total. The molecule has 25 heavy (non-hydrogen) atoms. The Hall–Kier alpha value is -2.46. The number of carbonyl (C=O) groups excluding carboxylic acids is 1. The molecule has 0 saturated carbocycles. The summed E-state index contributed by atoms with van der Waals surface area (Å²) in [4.78, 5) is 14.6. The molecule has 0 bridgehead atoms. The predicted octanol–water partition coefficient (Wildman–Crippen LogP) is 3.62. The van der Waals surface area contributed by atoms with Gasteiger partial charge in [-0.2, -0.15) is 0 Å². The number of hydrogen-bond donors (Lipinski definition) is 1. The fraction of sp³-hybridized carbons (Fsp3) is 0.286. The fourth-order valence-electron chi connectivity index (χ4n) is 3.17. The van der Waals surface area contributed by atoms with Crippen molar-refractivity contribution < 1.29 is 9.18 Å². The monoisotopic (exact) mass is 338 g/mol. The molecular weight excluding hydrogens is 315 g/mol. The molecule has 2 aromatic rings. The Morgan fingerprint density at radius 3 is 2.64 bits per heavy atom. The van der Waals surface area contributed by atoms with Crippen molar-refractivity contribution in [3.05, 3.63) is 77.6 Å². The van der Waals surface area contributed by atoms with Gasteiger partial charge in [0.1, 0.15) is 5.82 Å². The van der Waals surface area contributed by atoms with Gasteiger partial charge in [-0.05, 0) is 42.2 Å². The van der Waals surface area contributed by atoms with Crippen molar-refractivity contribution in [1.82, 2.24) is 10.2 Å². The Labute approximate surface area is 148 Å². The first-order chi connectivity index (χ1) is 12.1. The molecule has 1 aliphatic rings. The molecule has 2 aromatic carbocycles. The van der Waals surface area contributed by atoms with Crippen molar-refractivity contribution in [2.75, 3.05) is 13.1 Å². The van der Waals surface area contributed by atoms with E-state index in [9.17, 15) is 9.18 Å². The Bertz CT molecular complexity index is 740. The minimum absolute atomic E-state index is 0.0895. The van der Waals surface area contributed by atoms with Crippen molar-refractivity contribution in [3.8, 4) is 0 Å². The first-order valence-electron chi connectivity index (χ1n) is 8.61. The number of hydrogen-bond acceptors (Lipinski definition) is 2. The number of rotatable bonds is 5. The van der Waals surface area contributed by atoms with Gasteiger partial charge in [0.15, 0.2) is 0 Å². The quantitative estimate of drug-likeness (QED) is 0.845. The van der Waals surface area contributed by atoms with E-state index in [-0.39, 0.29) is 17.8 Å². The molecule has 3 rings (SSSR count). The molecule has 1 atom stereocenters. The summed E-state index contributed by atoms with van der Waals surface area (Å²) in [7, 11) is 0. The van der Waals surface area contributed by atoms with Crippen LogP contribution < -0.4 is 5.32 Å². The van der Waals surface area contributed by atoms with Crippen LogP contribution in [0.2, 0.25) is 0 Å². The zero-order valence-corrected chi connectivity index (χ0v) is 14.4. The molecule has 0 radical (unpaired) electrons. The van der Waals surface area contributed by atoms with Crippen LogP contribution in [0.4, 0.5) is 4.39 Å². The highest BCUT2D eigenvalue weighted by atomic mass is 19.1. The zero-order chi connectivity index (χ0) is 17.6. The topological polar surface area (TPSA) is 32.3 Å². The number of benzene rings is 2. The van der Waals surface area contributed by atoms with Gasteiger partial charge in [0, 0.05) is 31.8 Å². The Kier molecular flexibility index (Phi) is 5.61. The molecule has 1 heterocycles. The van der Waals surface area contributed by atoms with Gasteiger partial charge in [-0.15, -0.1) is 0 Å². The Morgan fingerprint density at radius 1 is 1.20 bits per heavy atom. The lowest BCUT2D eigenvalue weighted by molar-refractivity contribution is -0.117. The predicted molar refractivity (Wildman–Crippen MR) is 98.3 cm³/mol. The number of carbonyl (C=O) groups is 1. The third kappa shape index (κ3) is 5.00. The van der Waals surface area contributed by atoms with Gasteiger partial charge in [-0.3, -0.25) is 9.69 Å². The van der Waals surface area contributed by atoms with Gasteiger partial charge in [0.05, 0.1) is 0 Å². The second-order valence-corrected chi connectivity index (χ2v) is 6.55. The Balaban J connectivity index is 1.51. The smallest absolute Gasteiger partial charge is 0.244 e. The largest absolute Gasteiger partial charge is 0.348 e. The third-order valence-electron chi connectivity index (χ3n) is 4.51. The second kappa shape index (κ2) is 8.08. The van der Waals surface area contributed by atoms with Crippen LogP contribution >= 0.6 is 0 Å². The molecule has 130 valence electrons. The summed E-state index contributed by atoms with van der Waals surface area (Å²) >= 11 is 0. The molecule has 1 unspecified atom stereocenters. The van der Waals surface area contributed by atoms with Crippen LogP contribution in [0.15, 0.2) is 60.7 Å². The van der Waals surface area contributed by atoms with E-state index < -0.39 is 0 Å². The molecule has 0 aromatic heterocycles. The summed E-state index contributed by atoms with van der Waals surface area (Å²) in [5, 5.41) is 3.08. The van der Waals surface area contributed by atoms with E-state index in [0.29, 0.717) is 0 Å². The number of allylic oxidation sites excluding steroid dienone is 1. The first kappa shape index (κ1) is 17.4. The highest BCUT2D eigenvalue weighted by Gasteiger charge is 2.23. The van der Waals surface area contributed by atoms with E-state index in [1.807, 2.05) is 25.1 Å². The number of halogens is 1. The van der Waals surface area contributed by atoms with Gasteiger partial charge in [-0.25, -0.2) is 4.39 Å². The molecular formula is C21H23FN2O. The van der Waals surface area contributed by atoms with Crippen LogP contribution in [0, 0.1) is 5.82 Å². The fourth-order valence-corrected chi connectivity index (χ4v) is 3.17. The molecule has 1 amide bonds. The highest BCUT2D eigenvalue weighted by Crippen LogP contribution is 2.16. The first-order valence-corrected chi connectivity index (χ1v) is 8.61. The molecule has 0 spiro atoms. The van der Waals surface area contributed by atoms with Crippen molar-refractivity contribution in [2.45, 2.75) is 25.9 Å². The van der Waals surface area contributed by atoms with Gasteiger partial charge in [0.2, 0.25) is 5.91 Å². The van der Waals surface area contributed by atoms with Crippen LogP contribution in [0.1, 0.15) is 24.5 Å². The van der Waals surface area contributed by atoms with Crippen LogP contribution in [0.25, 0.3) is 5.57 Å². The van der Waals surface area contributed by atoms with Crippen molar-refractivity contribution in [2.24, 2.45) is 0 Å². The third-order valence-corrected chi connectivity index (χ3v) is 4.51. The van der Waals surface area contributed by atoms with Crippen LogP contribution in [-0.2, 0) is 11.3 Å². The van der Waals surface area contributed by atoms with Crippen LogP contribution in [0.3, 0.4) is 0 Å². The Morgan fingerprint density at radius 2 is 1.92 bits per heavy atom. The number of nitrogens with one attached hydrogen (secondary N) is 1. The normalized spacial score (nSPS) is 18.3. The molecule has 1 fully saturated rings. The molecule has 0 aliphatic carbocycles. The zero-order valence-electron chi connectivity index (χ0n) is 14.4. The number of amides is 1. The van der Waals surface area contributed by atoms with Crippen LogP contribution in [0.5, 0.6) is 0 Å². The number of likely N-dealkylation sites (tertiary alicyclic amines) is 1. The lowest BCUT2D eigenvalue weighted by atomic mass is 10.1. The summed E-state index contributed by atoms with van der Waals surface area (Å²) in [6.45, 7) is 4.63. The van der Waals surface area contributed by atoms with E-state index in [1.54, 1.807) is 18.2 Å². The van der Waals surface area contributed by atoms with Gasteiger partial charge in [-0.1, -0.05) is 42.5 Å². The van der Waals surface area contributed by atoms with Gasteiger partial charge in [0.25, 0.3) is 0 Å². The standard InChI is InChI=1S/C21H23FN2O/c1-16(18-7-9-19(22)10-8-18)13-21(25)23-20-11-12-24(15-20)14-17-5-3-2-4-6-17/h2-10,13,20H,11-12,14-15H2,1H3,(H,23,25)/b16-13-. The molecule has 1 saturated heterocycles. The summed E-state index contributed by atoms with van der Waals surface area (Å²) in [5.74, 6) is -0.362. The minimum atomic E-state index is -0.273. The number of nitrogens with zero attached hydrogens (tertiary/aromatic N) is 1.